The van der Waals surface area contributed by atoms with Crippen molar-refractivity contribution in [1.82, 2.24) is 5.48 Å². The summed E-state index contributed by atoms with van der Waals surface area (Å²) in [6.07, 6.45) is 0.625. The van der Waals surface area contributed by atoms with Gasteiger partial charge in [0.25, 0.3) is 0 Å². The molecule has 0 bridgehead atoms. The molecule has 0 aliphatic rings. The predicted octanol–water partition coefficient (Wildman–Crippen LogP) is 0.181. The van der Waals surface area contributed by atoms with E-state index in [-0.39, 0.29) is 24.8 Å². The highest BCUT2D eigenvalue weighted by Gasteiger charge is 2.21. The Hall–Kier alpha value is -1.54. The molecule has 1 rings (SSSR count). The van der Waals surface area contributed by atoms with Crippen molar-refractivity contribution in [2.45, 2.75) is 31.8 Å². The number of ether oxygens (including phenoxy) is 2. The van der Waals surface area contributed by atoms with Crippen LogP contribution in [-0.2, 0) is 12.8 Å². The first-order valence-corrected chi connectivity index (χ1v) is 6.70. The van der Waals surface area contributed by atoms with E-state index in [0.717, 1.165) is 0 Å². The second-order valence-corrected chi connectivity index (χ2v) is 4.97. The van der Waals surface area contributed by atoms with Crippen LogP contribution in [0, 0.1) is 0 Å². The van der Waals surface area contributed by atoms with E-state index in [1.54, 1.807) is 13.0 Å². The number of nitrogens with two attached hydrogens (primary N) is 1. The van der Waals surface area contributed by atoms with Gasteiger partial charge in [0.2, 0.25) is 0 Å². The molecule has 0 spiro atoms. The summed E-state index contributed by atoms with van der Waals surface area (Å²) in [6.45, 7) is 1.57. The van der Waals surface area contributed by atoms with Crippen LogP contribution in [0.5, 0.6) is 17.2 Å². The molecule has 0 aliphatic heterocycles. The third kappa shape index (κ3) is 4.21. The van der Waals surface area contributed by atoms with Crippen molar-refractivity contribution in [1.29, 1.82) is 0 Å². The Bertz CT molecular complexity index is 429. The van der Waals surface area contributed by atoms with E-state index in [4.69, 9.17) is 25.5 Å². The van der Waals surface area contributed by atoms with E-state index in [2.05, 4.69) is 5.48 Å². The maximum atomic E-state index is 10.5. The summed E-state index contributed by atoms with van der Waals surface area (Å²) in [6, 6.07) is 0.899. The maximum Gasteiger partial charge on any atom is 0.129 e. The first-order valence-electron chi connectivity index (χ1n) is 6.70. The number of hydrogen-bond donors (Lipinski definition) is 5. The standard InChI is InChI=1S/C14H24N2O5/c1-8(16-19)4-10-12(20-2)6-13(21-3)11(14(10)18)5-9(15)7-17/h6,8-9,16-19H,4-5,7,15H2,1-3H3. The Labute approximate surface area is 124 Å². The molecule has 2 unspecified atom stereocenters. The highest BCUT2D eigenvalue weighted by Crippen LogP contribution is 2.39. The van der Waals surface area contributed by atoms with Crippen LogP contribution in [0.1, 0.15) is 18.1 Å². The maximum absolute atomic E-state index is 10.5. The number of phenols is 1. The van der Waals surface area contributed by atoms with E-state index >= 15 is 0 Å². The van der Waals surface area contributed by atoms with E-state index in [1.807, 2.05) is 0 Å². The number of hydrogen-bond acceptors (Lipinski definition) is 7. The second-order valence-electron chi connectivity index (χ2n) is 4.97. The van der Waals surface area contributed by atoms with Gasteiger partial charge in [-0.2, -0.15) is 0 Å². The average Bonchev–Trinajstić information content (AvgIpc) is 2.50. The van der Waals surface area contributed by atoms with Gasteiger partial charge in [-0.1, -0.05) is 0 Å². The zero-order chi connectivity index (χ0) is 16.0. The monoisotopic (exact) mass is 300 g/mol. The van der Waals surface area contributed by atoms with Gasteiger partial charge in [0.15, 0.2) is 0 Å². The smallest absolute Gasteiger partial charge is 0.129 e. The number of phenolic OH excluding ortho intramolecular Hbond substituents is 1. The number of aliphatic hydroxyl groups excluding tert-OH is 1. The molecule has 0 saturated heterocycles. The highest BCUT2D eigenvalue weighted by atomic mass is 16.5. The summed E-state index contributed by atoms with van der Waals surface area (Å²) in [7, 11) is 2.98. The molecule has 0 aliphatic carbocycles. The molecule has 120 valence electrons. The van der Waals surface area contributed by atoms with Crippen LogP contribution in [0.15, 0.2) is 6.07 Å². The third-order valence-corrected chi connectivity index (χ3v) is 3.30. The van der Waals surface area contributed by atoms with Crippen LogP contribution in [0.3, 0.4) is 0 Å². The molecular formula is C14H24N2O5. The lowest BCUT2D eigenvalue weighted by molar-refractivity contribution is 0.132. The van der Waals surface area contributed by atoms with E-state index in [9.17, 15) is 5.11 Å². The molecule has 1 aromatic carbocycles. The number of aromatic hydroxyl groups is 1. The SMILES string of the molecule is COc1cc(OC)c(CC(C)NO)c(O)c1CC(N)CO. The van der Waals surface area contributed by atoms with Gasteiger partial charge in [-0.05, 0) is 19.8 Å². The molecule has 2 atom stereocenters. The molecule has 7 nitrogen and oxygen atoms in total. The summed E-state index contributed by atoms with van der Waals surface area (Å²) in [5, 5.41) is 28.5. The molecule has 0 amide bonds. The average molecular weight is 300 g/mol. The molecule has 6 N–H and O–H groups in total. The van der Waals surface area contributed by atoms with Gasteiger partial charge < -0.3 is 30.6 Å². The number of nitrogens with one attached hydrogen (secondary N) is 1. The van der Waals surface area contributed by atoms with Gasteiger partial charge >= 0.3 is 0 Å². The quantitative estimate of drug-likeness (QED) is 0.435. The van der Waals surface area contributed by atoms with Crippen molar-refractivity contribution in [2.75, 3.05) is 20.8 Å². The summed E-state index contributed by atoms with van der Waals surface area (Å²) >= 11 is 0. The number of benzene rings is 1. The van der Waals surface area contributed by atoms with E-state index in [0.29, 0.717) is 29.0 Å². The van der Waals surface area contributed by atoms with Crippen molar-refractivity contribution in [3.05, 3.63) is 17.2 Å². The first-order chi connectivity index (χ1) is 9.98. The molecule has 0 radical (unpaired) electrons. The Morgan fingerprint density at radius 1 is 1.19 bits per heavy atom. The van der Waals surface area contributed by atoms with Crippen LogP contribution in [-0.4, -0.2) is 48.3 Å². The fourth-order valence-electron chi connectivity index (χ4n) is 2.15. The van der Waals surface area contributed by atoms with Gasteiger partial charge in [-0.3, -0.25) is 0 Å². The Kier molecular flexibility index (Phi) is 6.70. The molecule has 0 heterocycles. The molecular weight excluding hydrogens is 276 g/mol. The fraction of sp³-hybridized carbons (Fsp3) is 0.571. The lowest BCUT2D eigenvalue weighted by Crippen LogP contribution is -2.27. The Morgan fingerprint density at radius 3 is 2.14 bits per heavy atom. The minimum Gasteiger partial charge on any atom is -0.507 e. The minimum absolute atomic E-state index is 0.0113. The van der Waals surface area contributed by atoms with Crippen molar-refractivity contribution >= 4 is 0 Å². The zero-order valence-electron chi connectivity index (χ0n) is 12.6. The lowest BCUT2D eigenvalue weighted by Gasteiger charge is -2.20. The second kappa shape index (κ2) is 8.04. The Balaban J connectivity index is 3.31. The number of aliphatic hydroxyl groups is 1. The van der Waals surface area contributed by atoms with E-state index < -0.39 is 6.04 Å². The molecule has 0 fully saturated rings. The van der Waals surface area contributed by atoms with Crippen molar-refractivity contribution in [3.63, 3.8) is 0 Å². The van der Waals surface area contributed by atoms with Crippen LogP contribution in [0.2, 0.25) is 0 Å². The molecule has 7 heteroatoms. The summed E-state index contributed by atoms with van der Waals surface area (Å²) < 4.78 is 10.5. The summed E-state index contributed by atoms with van der Waals surface area (Å²) in [5.74, 6) is 0.923. The van der Waals surface area contributed by atoms with Crippen LogP contribution < -0.4 is 20.7 Å². The van der Waals surface area contributed by atoms with Crippen LogP contribution >= 0.6 is 0 Å². The highest BCUT2D eigenvalue weighted by molar-refractivity contribution is 5.57. The molecule has 0 aromatic heterocycles. The lowest BCUT2D eigenvalue weighted by atomic mass is 9.97. The van der Waals surface area contributed by atoms with Crippen molar-refractivity contribution in [3.8, 4) is 17.2 Å². The van der Waals surface area contributed by atoms with Crippen molar-refractivity contribution < 1.29 is 24.9 Å². The van der Waals surface area contributed by atoms with E-state index in [1.165, 1.54) is 14.2 Å². The summed E-state index contributed by atoms with van der Waals surface area (Å²) in [4.78, 5) is 0. The Morgan fingerprint density at radius 2 is 1.71 bits per heavy atom. The number of rotatable bonds is 8. The van der Waals surface area contributed by atoms with Gasteiger partial charge in [0, 0.05) is 29.3 Å². The fourth-order valence-corrected chi connectivity index (χ4v) is 2.15. The van der Waals surface area contributed by atoms with Crippen molar-refractivity contribution in [2.24, 2.45) is 5.73 Å². The molecule has 21 heavy (non-hydrogen) atoms. The number of hydroxylamine groups is 1. The number of methoxy groups -OCH3 is 2. The van der Waals surface area contributed by atoms with Gasteiger partial charge in [-0.15, -0.1) is 0 Å². The third-order valence-electron chi connectivity index (χ3n) is 3.30. The summed E-state index contributed by atoms with van der Waals surface area (Å²) in [5.41, 5.74) is 8.94. The largest absolute Gasteiger partial charge is 0.507 e. The first kappa shape index (κ1) is 17.5. The molecule has 0 saturated carbocycles. The minimum atomic E-state index is -0.501. The van der Waals surface area contributed by atoms with Gasteiger partial charge in [0.1, 0.15) is 17.2 Å². The predicted molar refractivity (Wildman–Crippen MR) is 78.1 cm³/mol. The van der Waals surface area contributed by atoms with Crippen LogP contribution in [0.4, 0.5) is 0 Å². The normalized spacial score (nSPS) is 13.8. The van der Waals surface area contributed by atoms with Gasteiger partial charge in [-0.25, -0.2) is 5.48 Å². The topological polar surface area (TPSA) is 117 Å². The van der Waals surface area contributed by atoms with Crippen LogP contribution in [0.25, 0.3) is 0 Å². The van der Waals surface area contributed by atoms with Gasteiger partial charge in [0.05, 0.1) is 20.8 Å². The zero-order valence-corrected chi connectivity index (χ0v) is 12.6. The molecule has 1 aromatic rings.